The molecule has 0 unspecified atom stereocenters. The highest BCUT2D eigenvalue weighted by atomic mass is 16.5. The maximum atomic E-state index is 12.5. The second-order valence-electron chi connectivity index (χ2n) is 5.43. The Morgan fingerprint density at radius 2 is 2.16 bits per heavy atom. The lowest BCUT2D eigenvalue weighted by Gasteiger charge is -2.28. The maximum Gasteiger partial charge on any atom is 0.338 e. The number of allylic oxidation sites excluding steroid dienone is 2. The summed E-state index contributed by atoms with van der Waals surface area (Å²) in [6, 6.07) is 9.48. The average molecular weight is 335 g/mol. The van der Waals surface area contributed by atoms with Crippen molar-refractivity contribution in [2.45, 2.75) is 19.8 Å². The van der Waals surface area contributed by atoms with Crippen LogP contribution >= 0.6 is 0 Å². The zero-order chi connectivity index (χ0) is 17.8. The Labute approximate surface area is 145 Å². The summed E-state index contributed by atoms with van der Waals surface area (Å²) in [5.74, 6) is -0.293. The third-order valence-electron chi connectivity index (χ3n) is 3.91. The molecule has 6 nitrogen and oxygen atoms in total. The molecule has 3 rings (SSSR count). The Bertz CT molecular complexity index is 874. The number of nitriles is 1. The quantitative estimate of drug-likeness (QED) is 0.802. The SMILES string of the molecule is CCOC(=O)C1=C(C)OC(n2cccc2)=C(C#N)[C@@H]1c1cccnc1. The fourth-order valence-electron chi connectivity index (χ4n) is 2.85. The van der Waals surface area contributed by atoms with Gasteiger partial charge in [0.2, 0.25) is 5.88 Å². The van der Waals surface area contributed by atoms with Crippen molar-refractivity contribution in [3.05, 3.63) is 71.5 Å². The number of ether oxygens (including phenoxy) is 2. The van der Waals surface area contributed by atoms with Gasteiger partial charge in [0, 0.05) is 24.8 Å². The number of hydrogen-bond donors (Lipinski definition) is 0. The lowest BCUT2D eigenvalue weighted by Crippen LogP contribution is -2.24. The van der Waals surface area contributed by atoms with E-state index >= 15 is 0 Å². The van der Waals surface area contributed by atoms with Crippen molar-refractivity contribution in [2.75, 3.05) is 6.61 Å². The van der Waals surface area contributed by atoms with Crippen LogP contribution in [-0.2, 0) is 14.3 Å². The molecule has 0 fully saturated rings. The average Bonchev–Trinajstić information content (AvgIpc) is 3.16. The second-order valence-corrected chi connectivity index (χ2v) is 5.43. The van der Waals surface area contributed by atoms with Gasteiger partial charge in [0.25, 0.3) is 0 Å². The summed E-state index contributed by atoms with van der Waals surface area (Å²) in [5.41, 5.74) is 1.38. The fourth-order valence-corrected chi connectivity index (χ4v) is 2.85. The predicted octanol–water partition coefficient (Wildman–Crippen LogP) is 3.23. The van der Waals surface area contributed by atoms with Crippen molar-refractivity contribution in [3.8, 4) is 6.07 Å². The molecule has 2 aromatic rings. The van der Waals surface area contributed by atoms with Crippen molar-refractivity contribution in [2.24, 2.45) is 0 Å². The van der Waals surface area contributed by atoms with Crippen LogP contribution in [0.15, 0.2) is 66.0 Å². The van der Waals surface area contributed by atoms with Gasteiger partial charge in [-0.2, -0.15) is 5.26 Å². The molecule has 0 bridgehead atoms. The van der Waals surface area contributed by atoms with Crippen LogP contribution in [-0.4, -0.2) is 22.1 Å². The summed E-state index contributed by atoms with van der Waals surface area (Å²) in [6.07, 6.45) is 6.87. The minimum atomic E-state index is -0.594. The summed E-state index contributed by atoms with van der Waals surface area (Å²) in [4.78, 5) is 16.7. The molecule has 2 aromatic heterocycles. The fraction of sp³-hybridized carbons (Fsp3) is 0.211. The predicted molar refractivity (Wildman–Crippen MR) is 90.7 cm³/mol. The largest absolute Gasteiger partial charge is 0.463 e. The number of hydrogen-bond acceptors (Lipinski definition) is 5. The minimum absolute atomic E-state index is 0.241. The lowest BCUT2D eigenvalue weighted by molar-refractivity contribution is -0.139. The topological polar surface area (TPSA) is 77.1 Å². The number of nitrogens with zero attached hydrogens (tertiary/aromatic N) is 3. The third-order valence-corrected chi connectivity index (χ3v) is 3.91. The number of esters is 1. The van der Waals surface area contributed by atoms with E-state index in [4.69, 9.17) is 9.47 Å². The van der Waals surface area contributed by atoms with Crippen LogP contribution in [0.3, 0.4) is 0 Å². The molecule has 25 heavy (non-hydrogen) atoms. The first-order chi connectivity index (χ1) is 12.2. The molecular formula is C19H17N3O3. The molecular weight excluding hydrogens is 318 g/mol. The molecule has 0 saturated heterocycles. The van der Waals surface area contributed by atoms with E-state index in [0.717, 1.165) is 5.56 Å². The molecule has 0 amide bonds. The number of carbonyl (C=O) groups is 1. The highest BCUT2D eigenvalue weighted by Gasteiger charge is 2.37. The van der Waals surface area contributed by atoms with E-state index in [9.17, 15) is 10.1 Å². The number of pyridine rings is 1. The van der Waals surface area contributed by atoms with Crippen molar-refractivity contribution >= 4 is 11.9 Å². The van der Waals surface area contributed by atoms with Gasteiger partial charge < -0.3 is 9.47 Å². The first-order valence-electron chi connectivity index (χ1n) is 7.90. The van der Waals surface area contributed by atoms with Crippen LogP contribution in [0.2, 0.25) is 0 Å². The first kappa shape index (κ1) is 16.5. The van der Waals surface area contributed by atoms with Crippen molar-refractivity contribution in [3.63, 3.8) is 0 Å². The van der Waals surface area contributed by atoms with Gasteiger partial charge in [-0.3, -0.25) is 9.55 Å². The molecule has 0 spiro atoms. The van der Waals surface area contributed by atoms with E-state index in [0.29, 0.717) is 22.8 Å². The van der Waals surface area contributed by atoms with Crippen molar-refractivity contribution < 1.29 is 14.3 Å². The van der Waals surface area contributed by atoms with Gasteiger partial charge in [0.15, 0.2) is 0 Å². The molecule has 6 heteroatoms. The Morgan fingerprint density at radius 1 is 1.40 bits per heavy atom. The number of aromatic nitrogens is 2. The van der Waals surface area contributed by atoms with Crippen LogP contribution in [0, 0.1) is 11.3 Å². The number of rotatable bonds is 4. The Balaban J connectivity index is 2.20. The summed E-state index contributed by atoms with van der Waals surface area (Å²) >= 11 is 0. The van der Waals surface area contributed by atoms with Crippen molar-refractivity contribution in [1.29, 1.82) is 5.26 Å². The molecule has 126 valence electrons. The Kier molecular flexibility index (Phi) is 4.66. The highest BCUT2D eigenvalue weighted by Crippen LogP contribution is 2.41. The van der Waals surface area contributed by atoms with Gasteiger partial charge in [-0.25, -0.2) is 4.79 Å². The Morgan fingerprint density at radius 3 is 2.76 bits per heavy atom. The first-order valence-corrected chi connectivity index (χ1v) is 7.90. The summed E-state index contributed by atoms with van der Waals surface area (Å²) in [6.45, 7) is 3.68. The molecule has 1 aliphatic heterocycles. The van der Waals surface area contributed by atoms with E-state index in [1.165, 1.54) is 0 Å². The van der Waals surface area contributed by atoms with Gasteiger partial charge >= 0.3 is 5.97 Å². The monoisotopic (exact) mass is 335 g/mol. The Hall–Kier alpha value is -3.33. The standard InChI is InChI=1S/C19H17N3O3/c1-3-24-19(23)16-13(2)25-18(22-9-4-5-10-22)15(11-20)17(16)14-7-6-8-21-12-14/h4-10,12,17H,3H2,1-2H3/t17-/m0/s1. The maximum absolute atomic E-state index is 12.5. The molecule has 0 aromatic carbocycles. The molecule has 3 heterocycles. The van der Waals surface area contributed by atoms with Gasteiger partial charge in [0.1, 0.15) is 17.4 Å². The normalized spacial score (nSPS) is 17.1. The van der Waals surface area contributed by atoms with Crippen LogP contribution in [0.25, 0.3) is 5.88 Å². The van der Waals surface area contributed by atoms with Gasteiger partial charge in [-0.1, -0.05) is 6.07 Å². The molecule has 0 aliphatic carbocycles. The van der Waals surface area contributed by atoms with E-state index in [-0.39, 0.29) is 6.61 Å². The van der Waals surface area contributed by atoms with Crippen LogP contribution < -0.4 is 0 Å². The molecule has 0 N–H and O–H groups in total. The van der Waals surface area contributed by atoms with Gasteiger partial charge in [0.05, 0.1) is 18.1 Å². The third kappa shape index (κ3) is 3.04. The van der Waals surface area contributed by atoms with E-state index in [1.54, 1.807) is 49.3 Å². The van der Waals surface area contributed by atoms with E-state index in [1.807, 2.05) is 18.2 Å². The zero-order valence-corrected chi connectivity index (χ0v) is 14.0. The van der Waals surface area contributed by atoms with Gasteiger partial charge in [-0.05, 0) is 37.6 Å². The molecule has 0 saturated carbocycles. The summed E-state index contributed by atoms with van der Waals surface area (Å²) in [5, 5.41) is 9.81. The second kappa shape index (κ2) is 7.05. The smallest absolute Gasteiger partial charge is 0.338 e. The van der Waals surface area contributed by atoms with E-state index < -0.39 is 11.9 Å². The lowest BCUT2D eigenvalue weighted by atomic mass is 9.84. The summed E-state index contributed by atoms with van der Waals surface area (Å²) < 4.78 is 12.7. The highest BCUT2D eigenvalue weighted by molar-refractivity contribution is 5.93. The van der Waals surface area contributed by atoms with Crippen LogP contribution in [0.5, 0.6) is 0 Å². The summed E-state index contributed by atoms with van der Waals surface area (Å²) in [7, 11) is 0. The molecule has 0 radical (unpaired) electrons. The number of carbonyl (C=O) groups excluding carboxylic acids is 1. The van der Waals surface area contributed by atoms with Crippen LogP contribution in [0.1, 0.15) is 25.3 Å². The van der Waals surface area contributed by atoms with Gasteiger partial charge in [-0.15, -0.1) is 0 Å². The zero-order valence-electron chi connectivity index (χ0n) is 14.0. The minimum Gasteiger partial charge on any atom is -0.463 e. The van der Waals surface area contributed by atoms with E-state index in [2.05, 4.69) is 11.1 Å². The van der Waals surface area contributed by atoms with Crippen molar-refractivity contribution in [1.82, 2.24) is 9.55 Å². The van der Waals surface area contributed by atoms with Crippen LogP contribution in [0.4, 0.5) is 0 Å². The molecule has 1 aliphatic rings. The molecule has 1 atom stereocenters.